The Balaban J connectivity index is 1.55. The summed E-state index contributed by atoms with van der Waals surface area (Å²) in [5.74, 6) is 1.88. The molecule has 2 heterocycles. The second kappa shape index (κ2) is 9.67. The summed E-state index contributed by atoms with van der Waals surface area (Å²) in [6.45, 7) is 0.837. The number of hydrogen-bond acceptors (Lipinski definition) is 4. The number of nitrogens with zero attached hydrogens (tertiary/aromatic N) is 2. The van der Waals surface area contributed by atoms with Crippen LogP contribution in [0.2, 0.25) is 5.02 Å². The number of hydrazine groups is 1. The van der Waals surface area contributed by atoms with Crippen LogP contribution >= 0.6 is 11.6 Å². The average molecular weight is 566 g/mol. The van der Waals surface area contributed by atoms with Gasteiger partial charge in [-0.1, -0.05) is 0 Å². The number of quaternary nitrogens is 1. The molecule has 0 spiro atoms. The second-order valence-electron chi connectivity index (χ2n) is 8.89. The molecule has 0 bridgehead atoms. The van der Waals surface area contributed by atoms with Gasteiger partial charge in [-0.05, 0) is 0 Å². The van der Waals surface area contributed by atoms with E-state index in [4.69, 9.17) is 11.6 Å². The van der Waals surface area contributed by atoms with E-state index in [-0.39, 0.29) is 45.0 Å². The first kappa shape index (κ1) is 22.1. The number of nitrogens with two attached hydrogens (primary N) is 1. The molecule has 2 aliphatic heterocycles. The van der Waals surface area contributed by atoms with Crippen LogP contribution in [0.4, 0.5) is 0 Å². The number of benzene rings is 2. The third-order valence-corrected chi connectivity index (χ3v) is 8.86. The molecule has 3 aliphatic rings. The Bertz CT molecular complexity index is 1010. The zero-order chi connectivity index (χ0) is 22.1. The monoisotopic (exact) mass is 565 g/mol. The van der Waals surface area contributed by atoms with Crippen LogP contribution in [0, 0.1) is 15.4 Å². The molecular weight excluding hydrogens is 537 g/mol. The third-order valence-electron chi connectivity index (χ3n) is 6.69. The number of carbonyl (C=O) groups is 1. The van der Waals surface area contributed by atoms with E-state index in [0.29, 0.717) is 12.3 Å². The molecule has 3 unspecified atom stereocenters. The Morgan fingerprint density at radius 1 is 1.19 bits per heavy atom. The number of halogens is 2. The van der Waals surface area contributed by atoms with Crippen LogP contribution in [0.25, 0.3) is 0 Å². The number of amides is 1. The average Bonchev–Trinajstić information content (AvgIpc) is 3.49. The van der Waals surface area contributed by atoms with Crippen molar-refractivity contribution in [1.29, 1.82) is 0 Å². The molecule has 1 saturated carbocycles. The maximum atomic E-state index is 13.8. The van der Waals surface area contributed by atoms with Crippen molar-refractivity contribution >= 4 is 23.3 Å². The molecular formula is C24H29ClIN5O. The number of piperidine rings is 1. The molecule has 8 heteroatoms. The van der Waals surface area contributed by atoms with Crippen molar-refractivity contribution in [3.63, 3.8) is 0 Å². The van der Waals surface area contributed by atoms with Crippen molar-refractivity contribution in [3.8, 4) is 0 Å². The molecule has 0 radical (unpaired) electrons. The maximum absolute atomic E-state index is 13.8. The number of carbonyl (C=O) groups excluding carboxylic acids is 1. The molecule has 32 heavy (non-hydrogen) atoms. The van der Waals surface area contributed by atoms with Crippen molar-refractivity contribution in [3.05, 3.63) is 68.3 Å². The molecule has 170 valence electrons. The van der Waals surface area contributed by atoms with Gasteiger partial charge >= 0.3 is 205 Å². The molecule has 5 rings (SSSR count). The first-order valence-corrected chi connectivity index (χ1v) is 14.8. The molecule has 1 amide bonds. The predicted molar refractivity (Wildman–Crippen MR) is 121 cm³/mol. The fraction of sp³-hybridized carbons (Fsp3) is 0.417. The van der Waals surface area contributed by atoms with Gasteiger partial charge in [0.25, 0.3) is 0 Å². The number of likely N-dealkylation sites (tertiary alicyclic amines) is 1. The van der Waals surface area contributed by atoms with E-state index < -0.39 is 0 Å². The molecule has 4 N–H and O–H groups in total. The molecule has 1 aliphatic carbocycles. The van der Waals surface area contributed by atoms with E-state index in [9.17, 15) is 4.79 Å². The standard InChI is InChI=1S/C24H28ClIN5O/c1-26-20-4-2-3-17(11-20)21-12-18(13-22-27-29-30-28-22)24(32)31(14-15-5-6-15)23(21)16-7-9-19(25)10-8-16/h2-4,7-11,15,18,21,23,29-30H,5-6,12-14H2,1H3,(H,27,28)/q-1/p+1. The van der Waals surface area contributed by atoms with Crippen molar-refractivity contribution in [2.24, 2.45) is 16.9 Å². The quantitative estimate of drug-likeness (QED) is 0.243. The van der Waals surface area contributed by atoms with Crippen LogP contribution in [0.3, 0.4) is 0 Å². The summed E-state index contributed by atoms with van der Waals surface area (Å²) in [7, 11) is 0. The Morgan fingerprint density at radius 3 is 2.69 bits per heavy atom. The fourth-order valence-corrected chi connectivity index (χ4v) is 6.28. The van der Waals surface area contributed by atoms with E-state index in [0.717, 1.165) is 23.8 Å². The Hall–Kier alpha value is -1.68. The molecule has 1 saturated heterocycles. The van der Waals surface area contributed by atoms with E-state index in [1.165, 1.54) is 27.5 Å². The van der Waals surface area contributed by atoms with Gasteiger partial charge in [0.05, 0.1) is 0 Å². The van der Waals surface area contributed by atoms with Gasteiger partial charge in [0, 0.05) is 0 Å². The Kier molecular flexibility index (Phi) is 6.69. The first-order valence-electron chi connectivity index (χ1n) is 11.2. The molecule has 2 fully saturated rings. The summed E-state index contributed by atoms with van der Waals surface area (Å²) in [6.07, 6.45) is 3.89. The molecule has 6 nitrogen and oxygen atoms in total. The normalized spacial score (nSPS) is 25.7. The van der Waals surface area contributed by atoms with E-state index in [2.05, 4.69) is 62.3 Å². The number of nitrogens with one attached hydrogen (secondary N) is 2. The van der Waals surface area contributed by atoms with Gasteiger partial charge in [0.1, 0.15) is 0 Å². The van der Waals surface area contributed by atoms with Crippen LogP contribution in [0.1, 0.15) is 48.8 Å². The Labute approximate surface area is 204 Å². The van der Waals surface area contributed by atoms with Crippen molar-refractivity contribution in [2.45, 2.75) is 37.6 Å². The van der Waals surface area contributed by atoms with Gasteiger partial charge in [-0.15, -0.1) is 0 Å². The summed E-state index contributed by atoms with van der Waals surface area (Å²) >= 11 is 6.22. The van der Waals surface area contributed by atoms with Gasteiger partial charge in [0.2, 0.25) is 0 Å². The van der Waals surface area contributed by atoms with Crippen LogP contribution in [0.5, 0.6) is 0 Å². The van der Waals surface area contributed by atoms with E-state index in [1.54, 1.807) is 5.53 Å². The van der Waals surface area contributed by atoms with Crippen LogP contribution in [-0.2, 0) is 4.79 Å². The Morgan fingerprint density at radius 2 is 2.00 bits per heavy atom. The summed E-state index contributed by atoms with van der Waals surface area (Å²) in [5.41, 5.74) is 10.2. The van der Waals surface area contributed by atoms with Crippen molar-refractivity contribution < 1.29 is 31.5 Å². The summed E-state index contributed by atoms with van der Waals surface area (Å²) < 4.78 is 1.44. The third kappa shape index (κ3) is 4.81. The first-order chi connectivity index (χ1) is 15.6. The molecule has 2 aromatic rings. The molecule has 3 atom stereocenters. The van der Waals surface area contributed by atoms with Gasteiger partial charge in [-0.25, -0.2) is 0 Å². The van der Waals surface area contributed by atoms with E-state index in [1.807, 2.05) is 12.1 Å². The zero-order valence-corrected chi connectivity index (χ0v) is 21.0. The number of alkyl halides is 1. The minimum absolute atomic E-state index is 0.00872. The number of amidine groups is 1. The molecule has 2 aromatic carbocycles. The SMILES string of the molecule is C[I-]c1cccc(C2CC(CC3=N[NH2+]NN3)C(=O)N(CC3CC3)C2c2ccc(Cl)cc2)c1. The van der Waals surface area contributed by atoms with E-state index >= 15 is 0 Å². The summed E-state index contributed by atoms with van der Waals surface area (Å²) in [6, 6.07) is 17.2. The van der Waals surface area contributed by atoms with Crippen molar-refractivity contribution in [1.82, 2.24) is 15.9 Å². The van der Waals surface area contributed by atoms with Crippen LogP contribution in [-0.4, -0.2) is 28.1 Å². The summed E-state index contributed by atoms with van der Waals surface area (Å²) in [4.78, 5) is 18.3. The van der Waals surface area contributed by atoms with Gasteiger partial charge in [0.15, 0.2) is 0 Å². The summed E-state index contributed by atoms with van der Waals surface area (Å²) in [5, 5.41) is 5.09. The second-order valence-corrected chi connectivity index (χ2v) is 11.7. The van der Waals surface area contributed by atoms with Gasteiger partial charge in [-0.3, -0.25) is 0 Å². The van der Waals surface area contributed by atoms with Crippen LogP contribution < -0.4 is 37.7 Å². The van der Waals surface area contributed by atoms with Crippen LogP contribution in [0.15, 0.2) is 53.6 Å². The number of hydrogen-bond donors (Lipinski definition) is 3. The fourth-order valence-electron chi connectivity index (χ4n) is 4.92. The predicted octanol–water partition coefficient (Wildman–Crippen LogP) is -0.398. The molecule has 0 aromatic heterocycles. The topological polar surface area (TPSA) is 73.3 Å². The van der Waals surface area contributed by atoms with Gasteiger partial charge in [-0.2, -0.15) is 0 Å². The van der Waals surface area contributed by atoms with Crippen molar-refractivity contribution in [2.75, 3.05) is 11.5 Å². The zero-order valence-electron chi connectivity index (χ0n) is 18.1. The minimum atomic E-state index is -0.0816. The number of rotatable bonds is 7. The van der Waals surface area contributed by atoms with Gasteiger partial charge < -0.3 is 0 Å².